The molecule has 0 aromatic heterocycles. The van der Waals surface area contributed by atoms with Crippen molar-refractivity contribution in [3.8, 4) is 0 Å². The van der Waals surface area contributed by atoms with E-state index < -0.39 is 0 Å². The van der Waals surface area contributed by atoms with Crippen molar-refractivity contribution in [3.63, 3.8) is 0 Å². The van der Waals surface area contributed by atoms with Crippen LogP contribution in [0.4, 0.5) is 4.39 Å². The molecule has 1 saturated carbocycles. The Morgan fingerprint density at radius 2 is 2.17 bits per heavy atom. The quantitative estimate of drug-likeness (QED) is 0.714. The topological polar surface area (TPSA) is 26.0 Å². The molecule has 3 heteroatoms. The molecule has 0 radical (unpaired) electrons. The highest BCUT2D eigenvalue weighted by molar-refractivity contribution is 6.30. The van der Waals surface area contributed by atoms with E-state index in [1.54, 1.807) is 6.07 Å². The van der Waals surface area contributed by atoms with Gasteiger partial charge in [0.15, 0.2) is 0 Å². The predicted molar refractivity (Wildman–Crippen MR) is 46.7 cm³/mol. The molecule has 1 aromatic carbocycles. The van der Waals surface area contributed by atoms with Crippen molar-refractivity contribution < 1.29 is 4.39 Å². The van der Waals surface area contributed by atoms with E-state index in [9.17, 15) is 4.39 Å². The smallest absolute Gasteiger partial charge is 0.142 e. The van der Waals surface area contributed by atoms with Gasteiger partial charge in [0.1, 0.15) is 5.82 Å². The third-order valence-corrected chi connectivity index (χ3v) is 2.52. The summed E-state index contributed by atoms with van der Waals surface area (Å²) in [5, 5.41) is 0.174. The van der Waals surface area contributed by atoms with Crippen molar-refractivity contribution in [3.05, 3.63) is 34.6 Å². The highest BCUT2D eigenvalue weighted by Gasteiger charge is 2.34. The largest absolute Gasteiger partial charge is 0.327 e. The van der Waals surface area contributed by atoms with Gasteiger partial charge in [0.05, 0.1) is 5.02 Å². The zero-order valence-corrected chi connectivity index (χ0v) is 7.18. The second kappa shape index (κ2) is 2.71. The minimum atomic E-state index is -0.353. The average molecular weight is 186 g/mol. The van der Waals surface area contributed by atoms with E-state index in [0.717, 1.165) is 12.0 Å². The lowest BCUT2D eigenvalue weighted by Crippen LogP contribution is -2.01. The molecule has 0 bridgehead atoms. The molecule has 2 N–H and O–H groups in total. The van der Waals surface area contributed by atoms with Crippen molar-refractivity contribution in [2.24, 2.45) is 5.73 Å². The lowest BCUT2D eigenvalue weighted by Gasteiger charge is -1.99. The summed E-state index contributed by atoms with van der Waals surface area (Å²) >= 11 is 5.54. The average Bonchev–Trinajstić information content (AvgIpc) is 2.73. The Morgan fingerprint density at radius 3 is 2.67 bits per heavy atom. The van der Waals surface area contributed by atoms with Crippen LogP contribution in [0.5, 0.6) is 0 Å². The first-order valence-electron chi connectivity index (χ1n) is 3.89. The third kappa shape index (κ3) is 1.32. The van der Waals surface area contributed by atoms with Crippen molar-refractivity contribution in [2.75, 3.05) is 0 Å². The summed E-state index contributed by atoms with van der Waals surface area (Å²) in [7, 11) is 0. The Labute approximate surface area is 75.3 Å². The van der Waals surface area contributed by atoms with Crippen LogP contribution in [0.25, 0.3) is 0 Å². The van der Waals surface area contributed by atoms with Gasteiger partial charge in [-0.3, -0.25) is 0 Å². The van der Waals surface area contributed by atoms with Gasteiger partial charge < -0.3 is 5.73 Å². The molecule has 0 unspecified atom stereocenters. The lowest BCUT2D eigenvalue weighted by molar-refractivity contribution is 0.625. The van der Waals surface area contributed by atoms with E-state index in [-0.39, 0.29) is 16.9 Å². The molecule has 0 saturated heterocycles. The monoisotopic (exact) mass is 185 g/mol. The second-order valence-corrected chi connectivity index (χ2v) is 3.59. The van der Waals surface area contributed by atoms with Crippen LogP contribution in [-0.4, -0.2) is 6.04 Å². The van der Waals surface area contributed by atoms with Crippen LogP contribution in [-0.2, 0) is 0 Å². The Balaban J connectivity index is 2.29. The van der Waals surface area contributed by atoms with Crippen LogP contribution in [0.3, 0.4) is 0 Å². The summed E-state index contributed by atoms with van der Waals surface area (Å²) in [4.78, 5) is 0. The maximum absolute atomic E-state index is 12.9. The SMILES string of the molecule is N[C@@H]1C[C@@H]1c1ccc(Cl)c(F)c1. The first kappa shape index (κ1) is 8.02. The molecular formula is C9H9ClFN. The van der Waals surface area contributed by atoms with Crippen LogP contribution in [0.2, 0.25) is 5.02 Å². The van der Waals surface area contributed by atoms with Crippen molar-refractivity contribution >= 4 is 11.6 Å². The summed E-state index contributed by atoms with van der Waals surface area (Å²) in [6, 6.07) is 5.10. The zero-order chi connectivity index (χ0) is 8.72. The summed E-state index contributed by atoms with van der Waals surface area (Å²) in [5.41, 5.74) is 6.59. The van der Waals surface area contributed by atoms with Crippen molar-refractivity contribution in [2.45, 2.75) is 18.4 Å². The van der Waals surface area contributed by atoms with Crippen LogP contribution in [0, 0.1) is 5.82 Å². The Bertz CT molecular complexity index is 313. The van der Waals surface area contributed by atoms with Gasteiger partial charge in [0.2, 0.25) is 0 Å². The molecule has 0 spiro atoms. The number of nitrogens with two attached hydrogens (primary N) is 1. The standard InChI is InChI=1S/C9H9ClFN/c10-7-2-1-5(3-8(7)11)6-4-9(6)12/h1-3,6,9H,4,12H2/t6-,9-/m1/s1. The molecule has 1 nitrogen and oxygen atoms in total. The fraction of sp³-hybridized carbons (Fsp3) is 0.333. The molecule has 64 valence electrons. The lowest BCUT2D eigenvalue weighted by atomic mass is 10.1. The molecule has 1 aliphatic rings. The van der Waals surface area contributed by atoms with Gasteiger partial charge in [-0.2, -0.15) is 0 Å². The van der Waals surface area contributed by atoms with Gasteiger partial charge in [0.25, 0.3) is 0 Å². The van der Waals surface area contributed by atoms with E-state index in [2.05, 4.69) is 0 Å². The van der Waals surface area contributed by atoms with Crippen LogP contribution in [0.1, 0.15) is 17.9 Å². The van der Waals surface area contributed by atoms with E-state index in [1.165, 1.54) is 6.07 Å². The number of halogens is 2. The molecule has 1 fully saturated rings. The second-order valence-electron chi connectivity index (χ2n) is 3.18. The van der Waals surface area contributed by atoms with Gasteiger partial charge in [-0.05, 0) is 24.1 Å². The van der Waals surface area contributed by atoms with Crippen molar-refractivity contribution in [1.29, 1.82) is 0 Å². The molecular weight excluding hydrogens is 177 g/mol. The van der Waals surface area contributed by atoms with E-state index in [1.807, 2.05) is 6.07 Å². The van der Waals surface area contributed by atoms with Gasteiger partial charge in [0, 0.05) is 12.0 Å². The van der Waals surface area contributed by atoms with E-state index in [0.29, 0.717) is 5.92 Å². The van der Waals surface area contributed by atoms with Crippen LogP contribution in [0.15, 0.2) is 18.2 Å². The maximum atomic E-state index is 12.9. The predicted octanol–water partition coefficient (Wildman–Crippen LogP) is 2.29. The molecule has 0 heterocycles. The molecule has 0 amide bonds. The molecule has 1 aromatic rings. The third-order valence-electron chi connectivity index (χ3n) is 2.21. The van der Waals surface area contributed by atoms with Gasteiger partial charge >= 0.3 is 0 Å². The van der Waals surface area contributed by atoms with Crippen LogP contribution >= 0.6 is 11.6 Å². The zero-order valence-electron chi connectivity index (χ0n) is 6.43. The molecule has 2 rings (SSSR count). The maximum Gasteiger partial charge on any atom is 0.142 e. The van der Waals surface area contributed by atoms with E-state index in [4.69, 9.17) is 17.3 Å². The minimum absolute atomic E-state index is 0.174. The van der Waals surface area contributed by atoms with E-state index >= 15 is 0 Å². The first-order chi connectivity index (χ1) is 5.68. The molecule has 0 aliphatic heterocycles. The minimum Gasteiger partial charge on any atom is -0.327 e. The Hall–Kier alpha value is -0.600. The summed E-state index contributed by atoms with van der Waals surface area (Å²) in [6.07, 6.45) is 0.959. The molecule has 2 atom stereocenters. The highest BCUT2D eigenvalue weighted by atomic mass is 35.5. The number of hydrogen-bond acceptors (Lipinski definition) is 1. The summed E-state index contributed by atoms with van der Waals surface area (Å²) in [5.74, 6) is -0.00923. The summed E-state index contributed by atoms with van der Waals surface area (Å²) in [6.45, 7) is 0. The number of hydrogen-bond donors (Lipinski definition) is 1. The van der Waals surface area contributed by atoms with Gasteiger partial charge in [-0.1, -0.05) is 17.7 Å². The van der Waals surface area contributed by atoms with Crippen LogP contribution < -0.4 is 5.73 Å². The fourth-order valence-electron chi connectivity index (χ4n) is 1.34. The Morgan fingerprint density at radius 1 is 1.50 bits per heavy atom. The Kier molecular flexibility index (Phi) is 1.81. The van der Waals surface area contributed by atoms with Gasteiger partial charge in [-0.15, -0.1) is 0 Å². The molecule has 12 heavy (non-hydrogen) atoms. The highest BCUT2D eigenvalue weighted by Crippen LogP contribution is 2.39. The van der Waals surface area contributed by atoms with Gasteiger partial charge in [-0.25, -0.2) is 4.39 Å². The fourth-order valence-corrected chi connectivity index (χ4v) is 1.46. The number of benzene rings is 1. The normalized spacial score (nSPS) is 27.2. The summed E-state index contributed by atoms with van der Waals surface area (Å²) < 4.78 is 12.9. The van der Waals surface area contributed by atoms with Crippen molar-refractivity contribution in [1.82, 2.24) is 0 Å². The number of rotatable bonds is 1. The molecule has 1 aliphatic carbocycles. The first-order valence-corrected chi connectivity index (χ1v) is 4.27.